The Bertz CT molecular complexity index is 1460. The van der Waals surface area contributed by atoms with E-state index >= 15 is 0 Å². The van der Waals surface area contributed by atoms with E-state index in [0.717, 1.165) is 29.0 Å². The number of rotatable bonds is 10. The molecule has 4 rings (SSSR count). The van der Waals surface area contributed by atoms with E-state index in [0.29, 0.717) is 43.1 Å². The van der Waals surface area contributed by atoms with Crippen molar-refractivity contribution in [2.24, 2.45) is 4.99 Å². The van der Waals surface area contributed by atoms with Gasteiger partial charge in [-0.05, 0) is 100 Å². The van der Waals surface area contributed by atoms with Gasteiger partial charge in [0.25, 0.3) is 0 Å². The summed E-state index contributed by atoms with van der Waals surface area (Å²) >= 11 is 0. The number of hydrogen-bond acceptors (Lipinski definition) is 6. The fourth-order valence-corrected chi connectivity index (χ4v) is 6.32. The smallest absolute Gasteiger partial charge is 0.243 e. The van der Waals surface area contributed by atoms with Gasteiger partial charge >= 0.3 is 0 Å². The Morgan fingerprint density at radius 1 is 1.02 bits per heavy atom. The van der Waals surface area contributed by atoms with Crippen molar-refractivity contribution in [3.05, 3.63) is 94.5 Å². The number of sulfonamides is 1. The number of nitrogens with zero attached hydrogens (tertiary/aromatic N) is 3. The van der Waals surface area contributed by atoms with Crippen LogP contribution in [0.25, 0.3) is 0 Å². The van der Waals surface area contributed by atoms with Crippen LogP contribution in [-0.2, 0) is 29.5 Å². The predicted molar refractivity (Wildman–Crippen MR) is 163 cm³/mol. The first-order valence-corrected chi connectivity index (χ1v) is 15.7. The highest BCUT2D eigenvalue weighted by Crippen LogP contribution is 2.26. The molecular weight excluding hydrogens is 534 g/mol. The van der Waals surface area contributed by atoms with E-state index in [1.807, 2.05) is 57.2 Å². The molecule has 0 saturated carbocycles. The fraction of sp³-hybridized carbons (Fsp3) is 0.424. The molecule has 3 aromatic carbocycles. The Morgan fingerprint density at radius 2 is 1.71 bits per heavy atom. The molecule has 0 N–H and O–H groups in total. The maximum absolute atomic E-state index is 13.1. The predicted octanol–water partition coefficient (Wildman–Crippen LogP) is 4.94. The van der Waals surface area contributed by atoms with Crippen LogP contribution in [0.15, 0.2) is 76.6 Å². The maximum Gasteiger partial charge on any atom is 0.243 e. The minimum Gasteiger partial charge on any atom is -0.858 e. The second kappa shape index (κ2) is 12.8. The van der Waals surface area contributed by atoms with Gasteiger partial charge < -0.3 is 9.84 Å². The van der Waals surface area contributed by atoms with E-state index in [4.69, 9.17) is 4.74 Å². The number of benzene rings is 3. The van der Waals surface area contributed by atoms with Gasteiger partial charge in [-0.3, -0.25) is 9.89 Å². The summed E-state index contributed by atoms with van der Waals surface area (Å²) in [6, 6.07) is 20.6. The van der Waals surface area contributed by atoms with E-state index in [-0.39, 0.29) is 17.5 Å². The number of fused-ring (bicyclic) bond motifs is 1. The fourth-order valence-electron chi connectivity index (χ4n) is 4.91. The summed E-state index contributed by atoms with van der Waals surface area (Å²) in [5.41, 5.74) is 4.57. The highest BCUT2D eigenvalue weighted by molar-refractivity contribution is 7.89. The van der Waals surface area contributed by atoms with Gasteiger partial charge in [-0.2, -0.15) is 4.31 Å². The Morgan fingerprint density at radius 3 is 2.34 bits per heavy atom. The summed E-state index contributed by atoms with van der Waals surface area (Å²) in [5.74, 6) is 0.615. The molecule has 0 saturated heterocycles. The molecule has 0 amide bonds. The van der Waals surface area contributed by atoms with Crippen LogP contribution in [0.1, 0.15) is 62.4 Å². The largest absolute Gasteiger partial charge is 0.858 e. The SMILES string of the molecule is Cc1ccc(S(=O)(=O)N2CCc3cc(C([O-])=NCCN(Cc4ccc(OC(C)C)cc4)C(C)(C)C)ccc3C2)cc1. The number of aliphatic imine (C=N–C) groups is 1. The quantitative estimate of drug-likeness (QED) is 0.252. The summed E-state index contributed by atoms with van der Waals surface area (Å²) in [5, 5.41) is 13.0. The van der Waals surface area contributed by atoms with Crippen LogP contribution in [-0.4, -0.2) is 54.8 Å². The number of ether oxygens (including phenoxy) is 1. The molecule has 0 bridgehead atoms. The van der Waals surface area contributed by atoms with Crippen molar-refractivity contribution >= 4 is 15.9 Å². The van der Waals surface area contributed by atoms with E-state index in [2.05, 4.69) is 42.8 Å². The average Bonchev–Trinajstić information content (AvgIpc) is 2.92. The molecular formula is C33H42N3O4S-. The molecule has 1 aliphatic rings. The summed E-state index contributed by atoms with van der Waals surface area (Å²) in [6.07, 6.45) is 0.691. The van der Waals surface area contributed by atoms with Crippen molar-refractivity contribution in [3.63, 3.8) is 0 Å². The van der Waals surface area contributed by atoms with Crippen molar-refractivity contribution in [1.82, 2.24) is 9.21 Å². The molecule has 41 heavy (non-hydrogen) atoms. The first-order chi connectivity index (χ1) is 19.3. The van der Waals surface area contributed by atoms with Crippen molar-refractivity contribution in [2.45, 2.75) is 77.6 Å². The zero-order valence-corrected chi connectivity index (χ0v) is 25.9. The highest BCUT2D eigenvalue weighted by Gasteiger charge is 2.28. The third-order valence-corrected chi connectivity index (χ3v) is 9.19. The van der Waals surface area contributed by atoms with Crippen LogP contribution in [0.4, 0.5) is 0 Å². The van der Waals surface area contributed by atoms with E-state index in [9.17, 15) is 13.5 Å². The van der Waals surface area contributed by atoms with Gasteiger partial charge in [0.15, 0.2) is 0 Å². The minimum atomic E-state index is -3.57. The van der Waals surface area contributed by atoms with Gasteiger partial charge in [0, 0.05) is 31.7 Å². The molecule has 1 heterocycles. The van der Waals surface area contributed by atoms with Gasteiger partial charge in [-0.15, -0.1) is 0 Å². The lowest BCUT2D eigenvalue weighted by molar-refractivity contribution is -0.213. The highest BCUT2D eigenvalue weighted by atomic mass is 32.2. The van der Waals surface area contributed by atoms with Gasteiger partial charge in [0.1, 0.15) is 5.75 Å². The molecule has 0 aliphatic carbocycles. The van der Waals surface area contributed by atoms with E-state index in [1.165, 1.54) is 9.87 Å². The molecule has 8 heteroatoms. The van der Waals surface area contributed by atoms with Gasteiger partial charge in [-0.1, -0.05) is 48.0 Å². The standard InChI is InChI=1S/C33H43N3O4S/c1-24(2)40-30-13-9-26(10-14-30)22-35(33(4,5)6)20-18-34-32(37)28-11-12-29-23-36(19-17-27(29)21-28)41(38,39)31-15-7-25(3)8-16-31/h7-16,21,24H,17-20,22-23H2,1-6H3,(H,34,37)/p-1. The van der Waals surface area contributed by atoms with Crippen molar-refractivity contribution < 1.29 is 18.3 Å². The van der Waals surface area contributed by atoms with Crippen LogP contribution in [0.2, 0.25) is 0 Å². The second-order valence-corrected chi connectivity index (χ2v) is 13.9. The molecule has 0 spiro atoms. The Balaban J connectivity index is 1.39. The lowest BCUT2D eigenvalue weighted by Gasteiger charge is -2.35. The van der Waals surface area contributed by atoms with Gasteiger partial charge in [-0.25, -0.2) is 8.42 Å². The molecule has 0 fully saturated rings. The van der Waals surface area contributed by atoms with E-state index in [1.54, 1.807) is 18.2 Å². The number of aryl methyl sites for hydroxylation is 1. The van der Waals surface area contributed by atoms with Gasteiger partial charge in [0.05, 0.1) is 17.5 Å². The summed E-state index contributed by atoms with van der Waals surface area (Å²) < 4.78 is 33.6. The monoisotopic (exact) mass is 576 g/mol. The number of hydrogen-bond donors (Lipinski definition) is 0. The molecule has 0 unspecified atom stereocenters. The molecule has 0 radical (unpaired) electrons. The lowest BCUT2D eigenvalue weighted by Crippen LogP contribution is -2.42. The molecule has 220 valence electrons. The first kappa shape index (κ1) is 30.8. The zero-order chi connectivity index (χ0) is 29.8. The van der Waals surface area contributed by atoms with Crippen LogP contribution in [0.3, 0.4) is 0 Å². The Kier molecular flexibility index (Phi) is 9.57. The maximum atomic E-state index is 13.1. The second-order valence-electron chi connectivity index (χ2n) is 12.0. The van der Waals surface area contributed by atoms with E-state index < -0.39 is 10.0 Å². The average molecular weight is 577 g/mol. The minimum absolute atomic E-state index is 0.0950. The van der Waals surface area contributed by atoms with Gasteiger partial charge in [0.2, 0.25) is 10.0 Å². The Hall–Kier alpha value is -3.20. The lowest BCUT2D eigenvalue weighted by atomic mass is 9.98. The summed E-state index contributed by atoms with van der Waals surface area (Å²) in [4.78, 5) is 7.00. The summed E-state index contributed by atoms with van der Waals surface area (Å²) in [6.45, 7) is 14.9. The van der Waals surface area contributed by atoms with Crippen LogP contribution in [0.5, 0.6) is 5.75 Å². The van der Waals surface area contributed by atoms with Crippen molar-refractivity contribution in [3.8, 4) is 5.75 Å². The summed E-state index contributed by atoms with van der Waals surface area (Å²) in [7, 11) is -3.57. The molecule has 3 aromatic rings. The van der Waals surface area contributed by atoms with Crippen molar-refractivity contribution in [2.75, 3.05) is 19.6 Å². The van der Waals surface area contributed by atoms with Crippen LogP contribution < -0.4 is 9.84 Å². The third kappa shape index (κ3) is 7.97. The molecule has 7 nitrogen and oxygen atoms in total. The third-order valence-electron chi connectivity index (χ3n) is 7.33. The molecule has 1 aliphatic heterocycles. The van der Waals surface area contributed by atoms with Crippen LogP contribution in [0, 0.1) is 6.92 Å². The molecule has 0 atom stereocenters. The zero-order valence-electron chi connectivity index (χ0n) is 25.1. The first-order valence-electron chi connectivity index (χ1n) is 14.2. The normalized spacial score (nSPS) is 14.9. The molecule has 0 aromatic heterocycles. The van der Waals surface area contributed by atoms with Crippen LogP contribution >= 0.6 is 0 Å². The topological polar surface area (TPSA) is 85.3 Å². The Labute approximate surface area is 245 Å². The van der Waals surface area contributed by atoms with Crippen molar-refractivity contribution in [1.29, 1.82) is 0 Å².